The predicted octanol–water partition coefficient (Wildman–Crippen LogP) is 2.82. The maximum atomic E-state index is 13.9. The van der Waals surface area contributed by atoms with Gasteiger partial charge in [0.2, 0.25) is 0 Å². The molecule has 2 saturated heterocycles. The topological polar surface area (TPSA) is 200 Å². The molecule has 5 rings (SSSR count). The van der Waals surface area contributed by atoms with Crippen molar-refractivity contribution in [2.24, 2.45) is 22.7 Å². The molecule has 294 valence electrons. The molecule has 3 aliphatic carbocycles. The van der Waals surface area contributed by atoms with Gasteiger partial charge in [-0.25, -0.2) is 9.59 Å². The number of carbonyl (C=O) groups is 3. The summed E-state index contributed by atoms with van der Waals surface area (Å²) in [5.41, 5.74) is -8.23. The number of rotatable bonds is 9. The molecule has 52 heavy (non-hydrogen) atoms. The van der Waals surface area contributed by atoms with Crippen molar-refractivity contribution in [3.8, 4) is 0 Å². The minimum atomic E-state index is -1.82. The minimum Gasteiger partial charge on any atom is -0.456 e. The first-order chi connectivity index (χ1) is 23.8. The Kier molecular flexibility index (Phi) is 10.4. The van der Waals surface area contributed by atoms with Gasteiger partial charge in [0, 0.05) is 31.1 Å². The lowest BCUT2D eigenvalue weighted by molar-refractivity contribution is -0.397. The van der Waals surface area contributed by atoms with E-state index in [9.17, 15) is 34.8 Å². The molecule has 2 aliphatic heterocycles. The van der Waals surface area contributed by atoms with Crippen molar-refractivity contribution in [2.75, 3.05) is 6.61 Å². The zero-order chi connectivity index (χ0) is 39.1. The molecule has 4 fully saturated rings. The Bertz CT molecular complexity index is 1480. The molecule has 1 amide bonds. The second kappa shape index (κ2) is 13.3. The van der Waals surface area contributed by atoms with Crippen molar-refractivity contribution < 1.29 is 63.2 Å². The summed E-state index contributed by atoms with van der Waals surface area (Å²) in [4.78, 5) is 39.7. The SMILES string of the molecule is C=CC1O[C@H]2C[C@H]3OC[C@@]3(O)[C@H]3[C@H](O)[C@]4(C(C)(C)O)C[C@H](OC(=O)C(O)[C@H](CC(C)C)NC(=O)OC(C)(C)C)C(C)=C4[C@@](C)(OC(C)=O)[C@H](O1)[C@]23C. The zero-order valence-corrected chi connectivity index (χ0v) is 32.3. The molecular formula is C38H59NO13. The van der Waals surface area contributed by atoms with Crippen LogP contribution in [0, 0.1) is 22.7 Å². The van der Waals surface area contributed by atoms with Crippen LogP contribution in [0.15, 0.2) is 23.8 Å². The van der Waals surface area contributed by atoms with Gasteiger partial charge in [-0.1, -0.05) is 27.4 Å². The third-order valence-electron chi connectivity index (χ3n) is 12.1. The van der Waals surface area contributed by atoms with Gasteiger partial charge in [0.25, 0.3) is 0 Å². The van der Waals surface area contributed by atoms with E-state index in [1.807, 2.05) is 20.8 Å². The standard InChI is InChI=1S/C38H59NO13/c1-13-25-49-23-15-24-38(46,17-47-24)28-29(42)37(34(9,10)45)16-22(19(4)27(37)36(12,51-20(5)40)31(50-25)35(23,28)11)48-30(43)26(41)21(14-18(2)3)39-32(44)52-33(6,7)8/h13,18,21-26,28-29,31,41-42,45-46H,1,14-17H2,2-12H3,(H,39,44)/t21-,22-,23-,24+,25?,26?,28-,29-,31+,35+,36+,37-,38-/m0/s1. The molecule has 0 radical (unpaired) electrons. The van der Waals surface area contributed by atoms with Crippen LogP contribution in [0.3, 0.4) is 0 Å². The molecule has 0 spiro atoms. The lowest BCUT2D eigenvalue weighted by atomic mass is 9.49. The molecule has 14 heteroatoms. The summed E-state index contributed by atoms with van der Waals surface area (Å²) < 4.78 is 36.5. The van der Waals surface area contributed by atoms with Crippen LogP contribution in [0.5, 0.6) is 0 Å². The number of fused-ring (bicyclic) bond motifs is 3. The highest BCUT2D eigenvalue weighted by Gasteiger charge is 2.80. The van der Waals surface area contributed by atoms with Gasteiger partial charge in [-0.05, 0) is 78.0 Å². The number of amides is 1. The first-order valence-corrected chi connectivity index (χ1v) is 18.2. The fourth-order valence-electron chi connectivity index (χ4n) is 10.2. The number of hydrogen-bond donors (Lipinski definition) is 5. The Morgan fingerprint density at radius 1 is 1.12 bits per heavy atom. The lowest BCUT2D eigenvalue weighted by Crippen LogP contribution is -2.79. The Morgan fingerprint density at radius 3 is 2.25 bits per heavy atom. The van der Waals surface area contributed by atoms with Crippen LogP contribution >= 0.6 is 0 Å². The fraction of sp³-hybridized carbons (Fsp3) is 0.816. The number of nitrogens with one attached hydrogen (secondary N) is 1. The molecule has 0 bridgehead atoms. The number of aliphatic hydroxyl groups excluding tert-OH is 2. The maximum absolute atomic E-state index is 13.9. The number of alkyl carbamates (subject to hydrolysis) is 1. The molecule has 13 atom stereocenters. The van der Waals surface area contributed by atoms with E-state index in [2.05, 4.69) is 11.9 Å². The van der Waals surface area contributed by atoms with E-state index < -0.39 is 106 Å². The Balaban J connectivity index is 1.65. The highest BCUT2D eigenvalue weighted by molar-refractivity contribution is 5.77. The number of esters is 2. The van der Waals surface area contributed by atoms with E-state index in [0.29, 0.717) is 5.57 Å². The minimum absolute atomic E-state index is 0.0417. The van der Waals surface area contributed by atoms with Gasteiger partial charge in [0.1, 0.15) is 23.4 Å². The Hall–Kier alpha value is -2.59. The van der Waals surface area contributed by atoms with E-state index in [1.54, 1.807) is 34.6 Å². The molecule has 5 N–H and O–H groups in total. The van der Waals surface area contributed by atoms with Gasteiger partial charge in [-0.3, -0.25) is 4.79 Å². The summed E-state index contributed by atoms with van der Waals surface area (Å²) >= 11 is 0. The van der Waals surface area contributed by atoms with Crippen molar-refractivity contribution in [2.45, 2.75) is 167 Å². The molecule has 2 saturated carbocycles. The monoisotopic (exact) mass is 737 g/mol. The molecular weight excluding hydrogens is 678 g/mol. The second-order valence-electron chi connectivity index (χ2n) is 17.8. The summed E-state index contributed by atoms with van der Waals surface area (Å²) in [7, 11) is 0. The van der Waals surface area contributed by atoms with E-state index in [0.717, 1.165) is 0 Å². The average Bonchev–Trinajstić information content (AvgIpc) is 3.27. The van der Waals surface area contributed by atoms with Crippen molar-refractivity contribution in [3.63, 3.8) is 0 Å². The fourth-order valence-corrected chi connectivity index (χ4v) is 10.2. The van der Waals surface area contributed by atoms with Crippen LogP contribution in [0.4, 0.5) is 4.79 Å². The van der Waals surface area contributed by atoms with Gasteiger partial charge >= 0.3 is 18.0 Å². The van der Waals surface area contributed by atoms with Crippen LogP contribution in [0.25, 0.3) is 0 Å². The van der Waals surface area contributed by atoms with Crippen molar-refractivity contribution in [1.82, 2.24) is 5.32 Å². The smallest absolute Gasteiger partial charge is 0.407 e. The molecule has 2 heterocycles. The van der Waals surface area contributed by atoms with Crippen molar-refractivity contribution in [1.29, 1.82) is 0 Å². The van der Waals surface area contributed by atoms with E-state index in [-0.39, 0.29) is 37.4 Å². The van der Waals surface area contributed by atoms with E-state index >= 15 is 0 Å². The first kappa shape index (κ1) is 40.6. The molecule has 5 aliphatic rings. The third kappa shape index (κ3) is 6.29. The molecule has 0 aromatic heterocycles. The Morgan fingerprint density at radius 2 is 1.75 bits per heavy atom. The van der Waals surface area contributed by atoms with Gasteiger partial charge in [0.15, 0.2) is 18.0 Å². The predicted molar refractivity (Wildman–Crippen MR) is 185 cm³/mol. The van der Waals surface area contributed by atoms with Gasteiger partial charge < -0.3 is 54.2 Å². The maximum Gasteiger partial charge on any atom is 0.407 e. The molecule has 0 aromatic rings. The number of carbonyl (C=O) groups excluding carboxylic acids is 3. The summed E-state index contributed by atoms with van der Waals surface area (Å²) in [6.45, 7) is 22.0. The van der Waals surface area contributed by atoms with Crippen LogP contribution < -0.4 is 5.32 Å². The highest BCUT2D eigenvalue weighted by Crippen LogP contribution is 2.70. The number of hydrogen-bond acceptors (Lipinski definition) is 13. The molecule has 2 unspecified atom stereocenters. The van der Waals surface area contributed by atoms with Crippen molar-refractivity contribution in [3.05, 3.63) is 23.8 Å². The van der Waals surface area contributed by atoms with Crippen LogP contribution in [0.2, 0.25) is 0 Å². The summed E-state index contributed by atoms with van der Waals surface area (Å²) in [6.07, 6.45) is -7.00. The first-order valence-electron chi connectivity index (χ1n) is 18.2. The van der Waals surface area contributed by atoms with Crippen LogP contribution in [-0.2, 0) is 38.0 Å². The third-order valence-corrected chi connectivity index (χ3v) is 12.1. The normalized spacial score (nSPS) is 41.0. The highest BCUT2D eigenvalue weighted by atomic mass is 16.7. The van der Waals surface area contributed by atoms with Crippen LogP contribution in [-0.4, -0.2) is 116 Å². The summed E-state index contributed by atoms with van der Waals surface area (Å²) in [5.74, 6) is -2.83. The number of ether oxygens (including phenoxy) is 6. The quantitative estimate of drug-likeness (QED) is 0.132. The largest absolute Gasteiger partial charge is 0.456 e. The summed E-state index contributed by atoms with van der Waals surface area (Å²) in [5, 5.41) is 51.6. The second-order valence-corrected chi connectivity index (χ2v) is 17.8. The lowest BCUT2D eigenvalue weighted by Gasteiger charge is -2.67. The molecule has 0 aromatic carbocycles. The van der Waals surface area contributed by atoms with E-state index in [4.69, 9.17) is 28.4 Å². The summed E-state index contributed by atoms with van der Waals surface area (Å²) in [6, 6.07) is -1.07. The van der Waals surface area contributed by atoms with Crippen LogP contribution in [0.1, 0.15) is 95.4 Å². The van der Waals surface area contributed by atoms with Gasteiger partial charge in [0.05, 0.1) is 42.0 Å². The zero-order valence-electron chi connectivity index (χ0n) is 32.3. The molecule has 14 nitrogen and oxygen atoms in total. The van der Waals surface area contributed by atoms with Gasteiger partial charge in [-0.15, -0.1) is 0 Å². The Labute approximate surface area is 306 Å². The average molecular weight is 738 g/mol. The van der Waals surface area contributed by atoms with Crippen molar-refractivity contribution >= 4 is 18.0 Å². The number of aliphatic hydroxyl groups is 4. The van der Waals surface area contributed by atoms with Gasteiger partial charge in [-0.2, -0.15) is 0 Å². The van der Waals surface area contributed by atoms with E-state index in [1.165, 1.54) is 26.8 Å².